The smallest absolute Gasteiger partial charge is 0.280 e. The first-order chi connectivity index (χ1) is 14.5. The van der Waals surface area contributed by atoms with E-state index in [1.807, 2.05) is 17.9 Å². The summed E-state index contributed by atoms with van der Waals surface area (Å²) in [7, 11) is 0. The van der Waals surface area contributed by atoms with E-state index in [9.17, 15) is 4.79 Å². The number of nitrogens with zero attached hydrogens (tertiary/aromatic N) is 3. The van der Waals surface area contributed by atoms with Crippen LogP contribution in [0.5, 0.6) is 0 Å². The Morgan fingerprint density at radius 1 is 1.30 bits per heavy atom. The molecule has 0 unspecified atom stereocenters. The van der Waals surface area contributed by atoms with Crippen LogP contribution in [-0.4, -0.2) is 39.8 Å². The molecule has 2 aromatic rings. The van der Waals surface area contributed by atoms with E-state index in [-0.39, 0.29) is 5.91 Å². The molecule has 2 aliphatic rings. The van der Waals surface area contributed by atoms with Gasteiger partial charge in [0.05, 0.1) is 5.70 Å². The molecule has 0 spiro atoms. The van der Waals surface area contributed by atoms with E-state index in [0.29, 0.717) is 40.5 Å². The van der Waals surface area contributed by atoms with Gasteiger partial charge in [-0.3, -0.25) is 4.79 Å². The first-order valence-electron chi connectivity index (χ1n) is 10.3. The van der Waals surface area contributed by atoms with E-state index in [1.165, 1.54) is 19.2 Å². The summed E-state index contributed by atoms with van der Waals surface area (Å²) in [6.45, 7) is 5.57. The largest absolute Gasteiger partial charge is 0.447 e. The van der Waals surface area contributed by atoms with E-state index in [2.05, 4.69) is 22.9 Å². The van der Waals surface area contributed by atoms with Gasteiger partial charge >= 0.3 is 0 Å². The second kappa shape index (κ2) is 8.86. The van der Waals surface area contributed by atoms with Crippen molar-refractivity contribution in [1.82, 2.24) is 14.8 Å². The number of carbonyl (C=O) groups excluding carboxylic acids is 1. The lowest BCUT2D eigenvalue weighted by Crippen LogP contribution is -2.45. The third-order valence-electron chi connectivity index (χ3n) is 5.59. The number of oxazole rings is 1. The molecule has 1 aromatic heterocycles. The molecule has 0 atom stereocenters. The van der Waals surface area contributed by atoms with Crippen molar-refractivity contribution in [2.75, 3.05) is 13.1 Å². The van der Waals surface area contributed by atoms with Crippen molar-refractivity contribution >= 4 is 29.1 Å². The van der Waals surface area contributed by atoms with Crippen LogP contribution in [0.25, 0.3) is 0 Å². The molecule has 5 nitrogen and oxygen atoms in total. The van der Waals surface area contributed by atoms with Crippen LogP contribution in [0.2, 0.25) is 10.0 Å². The minimum atomic E-state index is -0.133. The molecule has 0 N–H and O–H groups in total. The summed E-state index contributed by atoms with van der Waals surface area (Å²) in [6.07, 6.45) is 9.05. The van der Waals surface area contributed by atoms with E-state index in [4.69, 9.17) is 27.6 Å². The van der Waals surface area contributed by atoms with Gasteiger partial charge in [0.25, 0.3) is 5.91 Å². The highest BCUT2D eigenvalue weighted by Gasteiger charge is 2.37. The zero-order chi connectivity index (χ0) is 21.3. The number of hydrogen-bond donors (Lipinski definition) is 0. The Hall–Kier alpha value is -2.24. The molecule has 0 radical (unpaired) electrons. The Kier molecular flexibility index (Phi) is 6.21. The Morgan fingerprint density at radius 2 is 2.10 bits per heavy atom. The zero-order valence-electron chi connectivity index (χ0n) is 17.2. The fourth-order valence-electron chi connectivity index (χ4n) is 4.03. The number of rotatable bonds is 6. The first-order valence-corrected chi connectivity index (χ1v) is 11.1. The monoisotopic (exact) mass is 445 g/mol. The molecular weight excluding hydrogens is 421 g/mol. The van der Waals surface area contributed by atoms with Crippen molar-refractivity contribution < 1.29 is 9.21 Å². The molecule has 1 aliphatic carbocycles. The van der Waals surface area contributed by atoms with Gasteiger partial charge in [0.1, 0.15) is 5.76 Å². The van der Waals surface area contributed by atoms with Gasteiger partial charge in [-0.15, -0.1) is 0 Å². The number of hydrogen-bond acceptors (Lipinski definition) is 4. The van der Waals surface area contributed by atoms with Gasteiger partial charge in [-0.25, -0.2) is 4.98 Å². The van der Waals surface area contributed by atoms with E-state index in [1.54, 1.807) is 18.2 Å². The molecule has 30 heavy (non-hydrogen) atoms. The highest BCUT2D eigenvalue weighted by atomic mass is 35.5. The SMILES string of the molecule is CC=CC1=C(CC)N(C(=O)c2ncoc2Cc2cc(Cl)ccc2Cl)CCN1C1CC1. The normalized spacial score (nSPS) is 17.3. The van der Waals surface area contributed by atoms with Crippen molar-refractivity contribution in [2.24, 2.45) is 0 Å². The summed E-state index contributed by atoms with van der Waals surface area (Å²) in [6, 6.07) is 5.87. The molecular formula is C23H25Cl2N3O2. The Labute approximate surface area is 187 Å². The third kappa shape index (κ3) is 4.14. The fourth-order valence-corrected chi connectivity index (χ4v) is 4.41. The summed E-state index contributed by atoms with van der Waals surface area (Å²) >= 11 is 12.4. The highest BCUT2D eigenvalue weighted by molar-refractivity contribution is 6.33. The Morgan fingerprint density at radius 3 is 2.80 bits per heavy atom. The van der Waals surface area contributed by atoms with E-state index in [0.717, 1.165) is 29.9 Å². The van der Waals surface area contributed by atoms with Crippen molar-refractivity contribution in [3.8, 4) is 0 Å². The predicted octanol–water partition coefficient (Wildman–Crippen LogP) is 5.69. The topological polar surface area (TPSA) is 49.6 Å². The van der Waals surface area contributed by atoms with Crippen molar-refractivity contribution in [2.45, 2.75) is 45.6 Å². The molecule has 0 bridgehead atoms. The first kappa shape index (κ1) is 21.0. The third-order valence-corrected chi connectivity index (χ3v) is 6.19. The molecule has 1 aliphatic heterocycles. The number of allylic oxidation sites excluding steroid dienone is 3. The molecule has 1 fully saturated rings. The second-order valence-corrected chi connectivity index (χ2v) is 8.45. The molecule has 4 rings (SSSR count). The quantitative estimate of drug-likeness (QED) is 0.572. The van der Waals surface area contributed by atoms with Gasteiger partial charge in [0.15, 0.2) is 12.1 Å². The average molecular weight is 446 g/mol. The van der Waals surface area contributed by atoms with Crippen molar-refractivity contribution in [1.29, 1.82) is 0 Å². The second-order valence-electron chi connectivity index (χ2n) is 7.60. The summed E-state index contributed by atoms with van der Waals surface area (Å²) in [5.74, 6) is 0.364. The summed E-state index contributed by atoms with van der Waals surface area (Å²) < 4.78 is 5.59. The Bertz CT molecular complexity index is 1010. The molecule has 158 valence electrons. The highest BCUT2D eigenvalue weighted by Crippen LogP contribution is 2.36. The van der Waals surface area contributed by atoms with Crippen molar-refractivity contribution in [3.05, 3.63) is 75.2 Å². The van der Waals surface area contributed by atoms with Crippen LogP contribution in [0.4, 0.5) is 0 Å². The van der Waals surface area contributed by atoms with E-state index < -0.39 is 0 Å². The summed E-state index contributed by atoms with van der Waals surface area (Å²) in [5.41, 5.74) is 3.31. The van der Waals surface area contributed by atoms with Gasteiger partial charge in [-0.05, 0) is 56.0 Å². The minimum absolute atomic E-state index is 0.133. The minimum Gasteiger partial charge on any atom is -0.447 e. The van der Waals surface area contributed by atoms with Crippen LogP contribution in [-0.2, 0) is 6.42 Å². The van der Waals surface area contributed by atoms with Crippen LogP contribution >= 0.6 is 23.2 Å². The van der Waals surface area contributed by atoms with Crippen LogP contribution in [0, 0.1) is 0 Å². The molecule has 1 aromatic carbocycles. The maximum absolute atomic E-state index is 13.5. The zero-order valence-corrected chi connectivity index (χ0v) is 18.7. The van der Waals surface area contributed by atoms with Gasteiger partial charge in [-0.1, -0.05) is 36.2 Å². The number of halogens is 2. The van der Waals surface area contributed by atoms with E-state index >= 15 is 0 Å². The predicted molar refractivity (Wildman–Crippen MR) is 119 cm³/mol. The molecule has 0 saturated heterocycles. The molecule has 7 heteroatoms. The number of aromatic nitrogens is 1. The lowest BCUT2D eigenvalue weighted by molar-refractivity contribution is 0.0752. The number of benzene rings is 1. The Balaban J connectivity index is 1.65. The summed E-state index contributed by atoms with van der Waals surface area (Å²) in [4.78, 5) is 22.1. The lowest BCUT2D eigenvalue weighted by Gasteiger charge is -2.39. The fraction of sp³-hybridized carbons (Fsp3) is 0.391. The summed E-state index contributed by atoms with van der Waals surface area (Å²) in [5, 5.41) is 1.17. The molecule has 1 amide bonds. The lowest BCUT2D eigenvalue weighted by atomic mass is 10.1. The van der Waals surface area contributed by atoms with Crippen LogP contribution in [0.1, 0.15) is 54.9 Å². The van der Waals surface area contributed by atoms with Crippen LogP contribution in [0.15, 0.2) is 52.6 Å². The van der Waals surface area contributed by atoms with Gasteiger partial charge in [0, 0.05) is 41.3 Å². The number of carbonyl (C=O) groups is 1. The van der Waals surface area contributed by atoms with Gasteiger partial charge < -0.3 is 14.2 Å². The molecule has 1 saturated carbocycles. The molecule has 2 heterocycles. The van der Waals surface area contributed by atoms with Crippen molar-refractivity contribution in [3.63, 3.8) is 0 Å². The van der Waals surface area contributed by atoms with Gasteiger partial charge in [-0.2, -0.15) is 0 Å². The van der Waals surface area contributed by atoms with Crippen LogP contribution < -0.4 is 0 Å². The average Bonchev–Trinajstić information content (AvgIpc) is 3.48. The van der Waals surface area contributed by atoms with Gasteiger partial charge in [0.2, 0.25) is 0 Å². The maximum atomic E-state index is 13.5. The maximum Gasteiger partial charge on any atom is 0.280 e. The standard InChI is InChI=1S/C23H25Cl2N3O2/c1-3-5-20-19(4-2)28(11-10-27(20)17-7-8-17)23(29)22-21(30-14-26-22)13-15-12-16(24)6-9-18(15)25/h3,5-6,9,12,14,17H,4,7-8,10-11,13H2,1-2H3. The number of amides is 1. The van der Waals surface area contributed by atoms with Crippen LogP contribution in [0.3, 0.4) is 0 Å².